The van der Waals surface area contributed by atoms with Crippen molar-refractivity contribution in [1.82, 2.24) is 5.32 Å². The predicted octanol–water partition coefficient (Wildman–Crippen LogP) is 0.657. The number of para-hydroxylation sites is 1. The summed E-state index contributed by atoms with van der Waals surface area (Å²) in [6.45, 7) is 2.43. The van der Waals surface area contributed by atoms with Gasteiger partial charge in [0.1, 0.15) is 0 Å². The normalized spacial score (nSPS) is 21.7. The summed E-state index contributed by atoms with van der Waals surface area (Å²) in [7, 11) is 0. The summed E-state index contributed by atoms with van der Waals surface area (Å²) in [6.07, 6.45) is 2.39. The van der Waals surface area contributed by atoms with Crippen molar-refractivity contribution in [2.24, 2.45) is 5.73 Å². The zero-order valence-electron chi connectivity index (χ0n) is 10.5. The van der Waals surface area contributed by atoms with Crippen molar-refractivity contribution in [3.8, 4) is 0 Å². The predicted molar refractivity (Wildman–Crippen MR) is 71.5 cm³/mol. The second-order valence-electron chi connectivity index (χ2n) is 5.24. The summed E-state index contributed by atoms with van der Waals surface area (Å²) in [6, 6.07) is 8.12. The van der Waals surface area contributed by atoms with Crippen molar-refractivity contribution in [1.29, 1.82) is 0 Å². The second kappa shape index (κ2) is 4.37. The first-order valence-electron chi connectivity index (χ1n) is 6.60. The molecule has 0 unspecified atom stereocenters. The molecule has 3 N–H and O–H groups in total. The second-order valence-corrected chi connectivity index (χ2v) is 5.24. The number of piperidine rings is 1. The van der Waals surface area contributed by atoms with E-state index in [0.29, 0.717) is 0 Å². The zero-order valence-corrected chi connectivity index (χ0v) is 10.5. The van der Waals surface area contributed by atoms with E-state index < -0.39 is 5.54 Å². The molecule has 0 radical (unpaired) electrons. The zero-order chi connectivity index (χ0) is 12.6. The van der Waals surface area contributed by atoms with Gasteiger partial charge in [0.05, 0.1) is 5.54 Å². The van der Waals surface area contributed by atoms with Gasteiger partial charge in [0, 0.05) is 12.2 Å². The fourth-order valence-electron chi connectivity index (χ4n) is 2.90. The van der Waals surface area contributed by atoms with Crippen LogP contribution in [0.25, 0.3) is 0 Å². The van der Waals surface area contributed by atoms with Crippen LogP contribution in [-0.4, -0.2) is 31.1 Å². The molecule has 1 fully saturated rings. The molecular weight excluding hydrogens is 226 g/mol. The molecule has 0 atom stereocenters. The van der Waals surface area contributed by atoms with Crippen LogP contribution in [0.3, 0.4) is 0 Å². The van der Waals surface area contributed by atoms with Gasteiger partial charge in [0.25, 0.3) is 0 Å². The third kappa shape index (κ3) is 1.82. The lowest BCUT2D eigenvalue weighted by Gasteiger charge is -2.35. The Hall–Kier alpha value is -1.39. The number of anilines is 1. The van der Waals surface area contributed by atoms with E-state index in [1.54, 1.807) is 0 Å². The Morgan fingerprint density at radius 1 is 1.28 bits per heavy atom. The van der Waals surface area contributed by atoms with Gasteiger partial charge in [-0.25, -0.2) is 0 Å². The van der Waals surface area contributed by atoms with Crippen LogP contribution >= 0.6 is 0 Å². The maximum absolute atomic E-state index is 12.7. The molecule has 2 aliphatic heterocycles. The van der Waals surface area contributed by atoms with Crippen molar-refractivity contribution in [2.75, 3.05) is 24.5 Å². The van der Waals surface area contributed by atoms with Crippen LogP contribution in [0.2, 0.25) is 0 Å². The summed E-state index contributed by atoms with van der Waals surface area (Å²) in [5.41, 5.74) is 7.93. The molecule has 4 nitrogen and oxygen atoms in total. The number of nitrogens with one attached hydrogen (secondary N) is 1. The Morgan fingerprint density at radius 3 is 2.78 bits per heavy atom. The molecule has 1 amide bonds. The molecule has 1 saturated heterocycles. The molecule has 1 aromatic carbocycles. The van der Waals surface area contributed by atoms with Crippen molar-refractivity contribution in [2.45, 2.75) is 24.8 Å². The number of rotatable bonds is 1. The highest BCUT2D eigenvalue weighted by Crippen LogP contribution is 2.30. The van der Waals surface area contributed by atoms with Crippen molar-refractivity contribution >= 4 is 11.6 Å². The lowest BCUT2D eigenvalue weighted by molar-refractivity contribution is -0.124. The van der Waals surface area contributed by atoms with Crippen molar-refractivity contribution < 1.29 is 4.79 Å². The van der Waals surface area contributed by atoms with Crippen LogP contribution in [0.5, 0.6) is 0 Å². The monoisotopic (exact) mass is 245 g/mol. The van der Waals surface area contributed by atoms with E-state index in [2.05, 4.69) is 11.4 Å². The topological polar surface area (TPSA) is 58.4 Å². The van der Waals surface area contributed by atoms with E-state index in [-0.39, 0.29) is 5.91 Å². The SMILES string of the molecule is NC1(C(=O)N2CCc3ccccc32)CCNCC1. The molecule has 1 aromatic rings. The molecule has 2 heterocycles. The molecule has 2 aliphatic rings. The lowest BCUT2D eigenvalue weighted by Crippen LogP contribution is -2.59. The summed E-state index contributed by atoms with van der Waals surface area (Å²) in [5, 5.41) is 3.25. The smallest absolute Gasteiger partial charge is 0.247 e. The van der Waals surface area contributed by atoms with Crippen LogP contribution in [0.1, 0.15) is 18.4 Å². The molecule has 0 aromatic heterocycles. The fourth-order valence-corrected chi connectivity index (χ4v) is 2.90. The number of amides is 1. The standard InChI is InChI=1S/C14H19N3O/c15-14(6-8-16-9-7-14)13(18)17-10-5-11-3-1-2-4-12(11)17/h1-4,16H,5-10,15H2. The quantitative estimate of drug-likeness (QED) is 0.764. The van der Waals surface area contributed by atoms with Gasteiger partial charge in [-0.05, 0) is 44.0 Å². The highest BCUT2D eigenvalue weighted by molar-refractivity contribution is 6.01. The first-order valence-corrected chi connectivity index (χ1v) is 6.60. The molecule has 0 bridgehead atoms. The summed E-state index contributed by atoms with van der Waals surface area (Å²) in [4.78, 5) is 14.5. The number of hydrogen-bond acceptors (Lipinski definition) is 3. The average molecular weight is 245 g/mol. The van der Waals surface area contributed by atoms with E-state index in [1.165, 1.54) is 5.56 Å². The third-order valence-electron chi connectivity index (χ3n) is 4.05. The van der Waals surface area contributed by atoms with Gasteiger partial charge in [-0.2, -0.15) is 0 Å². The van der Waals surface area contributed by atoms with E-state index in [9.17, 15) is 4.79 Å². The minimum Gasteiger partial charge on any atom is -0.317 e. The summed E-state index contributed by atoms with van der Waals surface area (Å²) >= 11 is 0. The minimum absolute atomic E-state index is 0.0916. The van der Waals surface area contributed by atoms with E-state index in [1.807, 2.05) is 23.1 Å². The highest BCUT2D eigenvalue weighted by atomic mass is 16.2. The van der Waals surface area contributed by atoms with Gasteiger partial charge in [-0.3, -0.25) is 4.79 Å². The van der Waals surface area contributed by atoms with Gasteiger partial charge >= 0.3 is 0 Å². The maximum Gasteiger partial charge on any atom is 0.247 e. The molecule has 0 aliphatic carbocycles. The van der Waals surface area contributed by atoms with Gasteiger partial charge in [0.2, 0.25) is 5.91 Å². The molecule has 96 valence electrons. The number of carbonyl (C=O) groups is 1. The first kappa shape index (κ1) is 11.7. The number of fused-ring (bicyclic) bond motifs is 1. The maximum atomic E-state index is 12.7. The number of benzene rings is 1. The molecule has 0 saturated carbocycles. The Morgan fingerprint density at radius 2 is 2.00 bits per heavy atom. The van der Waals surface area contributed by atoms with Crippen LogP contribution in [0.15, 0.2) is 24.3 Å². The summed E-state index contributed by atoms with van der Waals surface area (Å²) < 4.78 is 0. The van der Waals surface area contributed by atoms with Gasteiger partial charge in [-0.15, -0.1) is 0 Å². The Labute approximate surface area is 107 Å². The van der Waals surface area contributed by atoms with Crippen molar-refractivity contribution in [3.63, 3.8) is 0 Å². The van der Waals surface area contributed by atoms with E-state index >= 15 is 0 Å². The van der Waals surface area contributed by atoms with Crippen LogP contribution < -0.4 is 16.0 Å². The number of hydrogen-bond donors (Lipinski definition) is 2. The molecule has 4 heteroatoms. The van der Waals surface area contributed by atoms with Crippen LogP contribution in [-0.2, 0) is 11.2 Å². The minimum atomic E-state index is -0.678. The van der Waals surface area contributed by atoms with Gasteiger partial charge in [0.15, 0.2) is 0 Å². The molecule has 18 heavy (non-hydrogen) atoms. The van der Waals surface area contributed by atoms with Gasteiger partial charge < -0.3 is 16.0 Å². The molecule has 0 spiro atoms. The van der Waals surface area contributed by atoms with E-state index in [0.717, 1.165) is 44.6 Å². The summed E-state index contributed by atoms with van der Waals surface area (Å²) in [5.74, 6) is 0.0916. The Kier molecular flexibility index (Phi) is 2.84. The Bertz CT molecular complexity index is 466. The molecule has 3 rings (SSSR count). The Balaban J connectivity index is 1.86. The van der Waals surface area contributed by atoms with E-state index in [4.69, 9.17) is 5.73 Å². The number of nitrogens with zero attached hydrogens (tertiary/aromatic N) is 1. The lowest BCUT2D eigenvalue weighted by atomic mass is 9.88. The van der Waals surface area contributed by atoms with Crippen LogP contribution in [0.4, 0.5) is 5.69 Å². The largest absolute Gasteiger partial charge is 0.317 e. The average Bonchev–Trinajstić information content (AvgIpc) is 2.82. The first-order chi connectivity index (χ1) is 8.71. The van der Waals surface area contributed by atoms with Crippen molar-refractivity contribution in [3.05, 3.63) is 29.8 Å². The van der Waals surface area contributed by atoms with Gasteiger partial charge in [-0.1, -0.05) is 18.2 Å². The number of nitrogens with two attached hydrogens (primary N) is 1. The molecular formula is C14H19N3O. The third-order valence-corrected chi connectivity index (χ3v) is 4.05. The van der Waals surface area contributed by atoms with Crippen LogP contribution in [0, 0.1) is 0 Å². The highest BCUT2D eigenvalue weighted by Gasteiger charge is 2.40. The number of carbonyl (C=O) groups excluding carboxylic acids is 1. The fraction of sp³-hybridized carbons (Fsp3) is 0.500.